The molecule has 1 aliphatic rings. The number of rotatable bonds is 6. The molecule has 1 aromatic heterocycles. The van der Waals surface area contributed by atoms with Crippen LogP contribution in [0.1, 0.15) is 41.2 Å². The van der Waals surface area contributed by atoms with Crippen molar-refractivity contribution in [3.63, 3.8) is 0 Å². The molecule has 1 fully saturated rings. The highest BCUT2D eigenvalue weighted by atomic mass is 16.5. The van der Waals surface area contributed by atoms with Crippen molar-refractivity contribution in [3.8, 4) is 11.5 Å². The molecular weight excluding hydrogens is 296 g/mol. The first-order valence-electron chi connectivity index (χ1n) is 7.68. The van der Waals surface area contributed by atoms with Gasteiger partial charge in [0.15, 0.2) is 23.8 Å². The molecule has 6 heteroatoms. The summed E-state index contributed by atoms with van der Waals surface area (Å²) in [5.41, 5.74) is 1.37. The fourth-order valence-electron chi connectivity index (χ4n) is 2.33. The lowest BCUT2D eigenvalue weighted by molar-refractivity contribution is 0.0911. The van der Waals surface area contributed by atoms with Crippen molar-refractivity contribution < 1.29 is 18.7 Å². The zero-order valence-electron chi connectivity index (χ0n) is 13.3. The zero-order valence-corrected chi connectivity index (χ0v) is 13.3. The maximum atomic E-state index is 12.0. The summed E-state index contributed by atoms with van der Waals surface area (Å²) < 4.78 is 16.2. The first kappa shape index (κ1) is 15.4. The summed E-state index contributed by atoms with van der Waals surface area (Å²) in [6.45, 7) is 2.11. The molecular formula is C17H20N2O4. The molecule has 1 aromatic carbocycles. The van der Waals surface area contributed by atoms with Gasteiger partial charge in [-0.25, -0.2) is 4.98 Å². The summed E-state index contributed by atoms with van der Waals surface area (Å²) in [4.78, 5) is 16.1. The van der Waals surface area contributed by atoms with Crippen LogP contribution in [0, 0.1) is 6.92 Å². The van der Waals surface area contributed by atoms with E-state index in [1.54, 1.807) is 7.11 Å². The van der Waals surface area contributed by atoms with E-state index in [-0.39, 0.29) is 24.2 Å². The average molecular weight is 316 g/mol. The molecule has 122 valence electrons. The number of hydrogen-bond acceptors (Lipinski definition) is 5. The maximum Gasteiger partial charge on any atom is 0.273 e. The van der Waals surface area contributed by atoms with Gasteiger partial charge in [-0.3, -0.25) is 4.79 Å². The van der Waals surface area contributed by atoms with Gasteiger partial charge in [-0.15, -0.1) is 0 Å². The Kier molecular flexibility index (Phi) is 4.50. The largest absolute Gasteiger partial charge is 0.493 e. The number of carbonyl (C=O) groups is 1. The first-order chi connectivity index (χ1) is 11.2. The molecule has 0 saturated heterocycles. The number of nitrogens with one attached hydrogen (secondary N) is 1. The SMILES string of the molecule is COc1cc(C)ccc1OCc1nc(C(=O)NC2CCC2)co1. The molecule has 23 heavy (non-hydrogen) atoms. The van der Waals surface area contributed by atoms with Crippen molar-refractivity contribution in [2.75, 3.05) is 7.11 Å². The number of aromatic nitrogens is 1. The third-order valence-electron chi connectivity index (χ3n) is 3.90. The van der Waals surface area contributed by atoms with Gasteiger partial charge < -0.3 is 19.2 Å². The molecule has 0 aliphatic heterocycles. The van der Waals surface area contributed by atoms with Gasteiger partial charge in [-0.1, -0.05) is 6.07 Å². The highest BCUT2D eigenvalue weighted by Gasteiger charge is 2.22. The van der Waals surface area contributed by atoms with Gasteiger partial charge in [0.05, 0.1) is 7.11 Å². The summed E-state index contributed by atoms with van der Waals surface area (Å²) in [6.07, 6.45) is 4.60. The summed E-state index contributed by atoms with van der Waals surface area (Å²) >= 11 is 0. The van der Waals surface area contributed by atoms with Crippen LogP contribution in [0.2, 0.25) is 0 Å². The maximum absolute atomic E-state index is 12.0. The first-order valence-corrected chi connectivity index (χ1v) is 7.68. The molecule has 1 saturated carbocycles. The second-order valence-electron chi connectivity index (χ2n) is 5.67. The Morgan fingerprint density at radius 3 is 2.91 bits per heavy atom. The number of ether oxygens (including phenoxy) is 2. The lowest BCUT2D eigenvalue weighted by Gasteiger charge is -2.25. The van der Waals surface area contributed by atoms with E-state index >= 15 is 0 Å². The standard InChI is InChI=1S/C17H20N2O4/c1-11-6-7-14(15(8-11)21-2)22-10-16-19-13(9-23-16)17(20)18-12-4-3-5-12/h6-9,12H,3-5,10H2,1-2H3,(H,18,20). The van der Waals surface area contributed by atoms with Crippen LogP contribution < -0.4 is 14.8 Å². The summed E-state index contributed by atoms with van der Waals surface area (Å²) in [6, 6.07) is 5.94. The van der Waals surface area contributed by atoms with E-state index < -0.39 is 0 Å². The Morgan fingerprint density at radius 1 is 1.39 bits per heavy atom. The van der Waals surface area contributed by atoms with E-state index in [1.807, 2.05) is 25.1 Å². The summed E-state index contributed by atoms with van der Waals surface area (Å²) in [5, 5.41) is 2.92. The van der Waals surface area contributed by atoms with Crippen LogP contribution >= 0.6 is 0 Å². The van der Waals surface area contributed by atoms with Crippen LogP contribution in [-0.4, -0.2) is 24.0 Å². The molecule has 0 bridgehead atoms. The molecule has 1 heterocycles. The topological polar surface area (TPSA) is 73.6 Å². The van der Waals surface area contributed by atoms with Crippen LogP contribution in [0.25, 0.3) is 0 Å². The fraction of sp³-hybridized carbons (Fsp3) is 0.412. The molecule has 2 aromatic rings. The molecule has 0 radical (unpaired) electrons. The monoisotopic (exact) mass is 316 g/mol. The Labute approximate surface area is 134 Å². The molecule has 1 amide bonds. The van der Waals surface area contributed by atoms with E-state index in [4.69, 9.17) is 13.9 Å². The van der Waals surface area contributed by atoms with Crippen molar-refractivity contribution in [2.24, 2.45) is 0 Å². The highest BCUT2D eigenvalue weighted by Crippen LogP contribution is 2.28. The predicted octanol–water partition coefficient (Wildman–Crippen LogP) is 2.85. The zero-order chi connectivity index (χ0) is 16.2. The van der Waals surface area contributed by atoms with Gasteiger partial charge in [0, 0.05) is 6.04 Å². The van der Waals surface area contributed by atoms with Crippen LogP contribution in [-0.2, 0) is 6.61 Å². The van der Waals surface area contributed by atoms with Gasteiger partial charge >= 0.3 is 0 Å². The van der Waals surface area contributed by atoms with Crippen molar-refractivity contribution in [3.05, 3.63) is 41.6 Å². The van der Waals surface area contributed by atoms with Gasteiger partial charge in [0.2, 0.25) is 5.89 Å². The quantitative estimate of drug-likeness (QED) is 0.887. The van der Waals surface area contributed by atoms with E-state index in [2.05, 4.69) is 10.3 Å². The molecule has 0 spiro atoms. The van der Waals surface area contributed by atoms with Gasteiger partial charge in [0.1, 0.15) is 6.26 Å². The smallest absolute Gasteiger partial charge is 0.273 e. The molecule has 0 atom stereocenters. The van der Waals surface area contributed by atoms with Crippen molar-refractivity contribution >= 4 is 5.91 Å². The number of oxazole rings is 1. The Hall–Kier alpha value is -2.50. The fourth-order valence-corrected chi connectivity index (χ4v) is 2.33. The second-order valence-corrected chi connectivity index (χ2v) is 5.67. The summed E-state index contributed by atoms with van der Waals surface area (Å²) in [7, 11) is 1.59. The van der Waals surface area contributed by atoms with Crippen LogP contribution in [0.4, 0.5) is 0 Å². The molecule has 0 unspecified atom stereocenters. The number of methoxy groups -OCH3 is 1. The van der Waals surface area contributed by atoms with Crippen molar-refractivity contribution in [2.45, 2.75) is 38.8 Å². The molecule has 6 nitrogen and oxygen atoms in total. The number of amides is 1. The predicted molar refractivity (Wildman–Crippen MR) is 83.7 cm³/mol. The van der Waals surface area contributed by atoms with Gasteiger partial charge in [-0.2, -0.15) is 0 Å². The highest BCUT2D eigenvalue weighted by molar-refractivity contribution is 5.92. The van der Waals surface area contributed by atoms with Crippen molar-refractivity contribution in [1.82, 2.24) is 10.3 Å². The Bertz CT molecular complexity index is 692. The Morgan fingerprint density at radius 2 is 2.22 bits per heavy atom. The number of hydrogen-bond donors (Lipinski definition) is 1. The lowest BCUT2D eigenvalue weighted by atomic mass is 9.93. The van der Waals surface area contributed by atoms with E-state index in [1.165, 1.54) is 12.7 Å². The van der Waals surface area contributed by atoms with Crippen LogP contribution in [0.3, 0.4) is 0 Å². The molecule has 1 N–H and O–H groups in total. The molecule has 1 aliphatic carbocycles. The van der Waals surface area contributed by atoms with Gasteiger partial charge in [-0.05, 0) is 43.9 Å². The third kappa shape index (κ3) is 3.64. The summed E-state index contributed by atoms with van der Waals surface area (Å²) in [5.74, 6) is 1.42. The van der Waals surface area contributed by atoms with Crippen LogP contribution in [0.15, 0.2) is 28.9 Å². The lowest BCUT2D eigenvalue weighted by Crippen LogP contribution is -2.39. The minimum atomic E-state index is -0.197. The van der Waals surface area contributed by atoms with Gasteiger partial charge in [0.25, 0.3) is 5.91 Å². The second kappa shape index (κ2) is 6.73. The minimum Gasteiger partial charge on any atom is -0.493 e. The molecule has 3 rings (SSSR count). The van der Waals surface area contributed by atoms with Crippen molar-refractivity contribution in [1.29, 1.82) is 0 Å². The Balaban J connectivity index is 1.59. The number of nitrogens with zero attached hydrogens (tertiary/aromatic N) is 1. The van der Waals surface area contributed by atoms with E-state index in [0.29, 0.717) is 17.4 Å². The third-order valence-corrected chi connectivity index (χ3v) is 3.90. The minimum absolute atomic E-state index is 0.135. The van der Waals surface area contributed by atoms with E-state index in [9.17, 15) is 4.79 Å². The number of aryl methyl sites for hydroxylation is 1. The number of benzene rings is 1. The van der Waals surface area contributed by atoms with Crippen LogP contribution in [0.5, 0.6) is 11.5 Å². The number of carbonyl (C=O) groups excluding carboxylic acids is 1. The van der Waals surface area contributed by atoms with E-state index in [0.717, 1.165) is 18.4 Å². The average Bonchev–Trinajstić information content (AvgIpc) is 2.98. The normalized spacial score (nSPS) is 14.2.